The molecule has 0 saturated heterocycles. The summed E-state index contributed by atoms with van der Waals surface area (Å²) in [6.45, 7) is 4.21. The molecule has 1 aliphatic carbocycles. The molecule has 58 valence electrons. The van der Waals surface area contributed by atoms with Gasteiger partial charge in [-0.05, 0) is 11.6 Å². The van der Waals surface area contributed by atoms with Crippen molar-refractivity contribution in [3.05, 3.63) is 34.2 Å². The summed E-state index contributed by atoms with van der Waals surface area (Å²) in [5.41, 5.74) is 1.04. The van der Waals surface area contributed by atoms with Crippen LogP contribution < -0.4 is 0 Å². The lowest BCUT2D eigenvalue weighted by molar-refractivity contribution is 0.0736. The van der Waals surface area contributed by atoms with E-state index >= 15 is 0 Å². The lowest BCUT2D eigenvalue weighted by Gasteiger charge is -2.09. The number of rotatable bonds is 0. The largest absolute Gasteiger partial charge is 0.458 e. The van der Waals surface area contributed by atoms with Crippen LogP contribution in [0.1, 0.15) is 6.42 Å². The van der Waals surface area contributed by atoms with Crippen LogP contribution in [0.5, 0.6) is 0 Å². The van der Waals surface area contributed by atoms with Gasteiger partial charge in [0, 0.05) is 10.9 Å². The molecule has 0 amide bonds. The van der Waals surface area contributed by atoms with Gasteiger partial charge in [-0.1, -0.05) is 22.5 Å². The van der Waals surface area contributed by atoms with E-state index in [9.17, 15) is 0 Å². The van der Waals surface area contributed by atoms with Crippen LogP contribution in [0.4, 0.5) is 0 Å². The Bertz CT molecular complexity index is 276. The number of ether oxygens (including phenoxy) is 2. The van der Waals surface area contributed by atoms with Crippen molar-refractivity contribution in [3.8, 4) is 0 Å². The van der Waals surface area contributed by atoms with Gasteiger partial charge >= 0.3 is 0 Å². The maximum absolute atomic E-state index is 5.21. The Hall–Kier alpha value is -0.700. The number of hydrogen-bond acceptors (Lipinski definition) is 2. The van der Waals surface area contributed by atoms with Crippen LogP contribution in [0.2, 0.25) is 0 Å². The average molecular weight is 215 g/mol. The van der Waals surface area contributed by atoms with Gasteiger partial charge in [0.25, 0.3) is 0 Å². The Morgan fingerprint density at radius 1 is 1.45 bits per heavy atom. The summed E-state index contributed by atoms with van der Waals surface area (Å²) < 4.78 is 11.4. The van der Waals surface area contributed by atoms with Gasteiger partial charge < -0.3 is 9.47 Å². The minimum atomic E-state index is 0.342. The molecule has 2 rings (SSSR count). The lowest BCUT2D eigenvalue weighted by Crippen LogP contribution is -1.95. The van der Waals surface area contributed by atoms with Gasteiger partial charge in [-0.15, -0.1) is 0 Å². The SMILES string of the molecule is C=C1CC2=C(C=C1Br)OCO2. The van der Waals surface area contributed by atoms with Crippen molar-refractivity contribution >= 4 is 15.9 Å². The summed E-state index contributed by atoms with van der Waals surface area (Å²) in [7, 11) is 0. The van der Waals surface area contributed by atoms with E-state index in [-0.39, 0.29) is 0 Å². The summed E-state index contributed by atoms with van der Waals surface area (Å²) >= 11 is 3.38. The van der Waals surface area contributed by atoms with Crippen LogP contribution in [0, 0.1) is 0 Å². The molecule has 3 heteroatoms. The van der Waals surface area contributed by atoms with E-state index in [1.54, 1.807) is 0 Å². The molecular formula is C8H7BrO2. The summed E-state index contributed by atoms with van der Waals surface area (Å²) in [6.07, 6.45) is 2.65. The molecular weight excluding hydrogens is 208 g/mol. The van der Waals surface area contributed by atoms with E-state index in [0.717, 1.165) is 28.0 Å². The average Bonchev–Trinajstić information content (AvgIpc) is 2.36. The third-order valence-electron chi connectivity index (χ3n) is 1.69. The van der Waals surface area contributed by atoms with E-state index in [1.807, 2.05) is 6.08 Å². The quantitative estimate of drug-likeness (QED) is 0.617. The standard InChI is InChI=1S/C8H7BrO2/c1-5-2-7-8(3-6(5)9)11-4-10-7/h3H,1-2,4H2. The monoisotopic (exact) mass is 214 g/mol. The zero-order chi connectivity index (χ0) is 7.84. The fourth-order valence-electron chi connectivity index (χ4n) is 1.07. The van der Waals surface area contributed by atoms with Gasteiger partial charge in [0.1, 0.15) is 5.76 Å². The van der Waals surface area contributed by atoms with Crippen molar-refractivity contribution in [2.75, 3.05) is 6.79 Å². The fourth-order valence-corrected chi connectivity index (χ4v) is 1.42. The Morgan fingerprint density at radius 2 is 2.27 bits per heavy atom. The molecule has 0 atom stereocenters. The second-order valence-electron chi connectivity index (χ2n) is 2.47. The highest BCUT2D eigenvalue weighted by Crippen LogP contribution is 2.34. The first kappa shape index (κ1) is 6.98. The van der Waals surface area contributed by atoms with E-state index in [4.69, 9.17) is 9.47 Å². The van der Waals surface area contributed by atoms with Crippen LogP contribution in [0.25, 0.3) is 0 Å². The number of hydrogen-bond donors (Lipinski definition) is 0. The maximum atomic E-state index is 5.21. The predicted octanol–water partition coefficient (Wildman–Crippen LogP) is 2.44. The van der Waals surface area contributed by atoms with Crippen molar-refractivity contribution in [3.63, 3.8) is 0 Å². The molecule has 0 N–H and O–H groups in total. The van der Waals surface area contributed by atoms with Crippen molar-refractivity contribution in [2.45, 2.75) is 6.42 Å². The van der Waals surface area contributed by atoms with Crippen LogP contribution >= 0.6 is 15.9 Å². The third kappa shape index (κ3) is 1.09. The topological polar surface area (TPSA) is 18.5 Å². The maximum Gasteiger partial charge on any atom is 0.230 e. The molecule has 2 aliphatic rings. The van der Waals surface area contributed by atoms with E-state index in [0.29, 0.717) is 6.79 Å². The Morgan fingerprint density at radius 3 is 3.09 bits per heavy atom. The van der Waals surface area contributed by atoms with Crippen molar-refractivity contribution in [1.82, 2.24) is 0 Å². The third-order valence-corrected chi connectivity index (χ3v) is 2.48. The highest BCUT2D eigenvalue weighted by molar-refractivity contribution is 9.12. The summed E-state index contributed by atoms with van der Waals surface area (Å²) in [5, 5.41) is 0. The number of allylic oxidation sites excluding steroid dienone is 3. The number of halogens is 1. The molecule has 0 aromatic carbocycles. The van der Waals surface area contributed by atoms with Gasteiger partial charge in [0.2, 0.25) is 6.79 Å². The first-order chi connectivity index (χ1) is 5.27. The van der Waals surface area contributed by atoms with Crippen LogP contribution in [0.3, 0.4) is 0 Å². The molecule has 0 fully saturated rings. The Balaban J connectivity index is 2.36. The van der Waals surface area contributed by atoms with E-state index in [1.165, 1.54) is 0 Å². The van der Waals surface area contributed by atoms with Gasteiger partial charge in [-0.25, -0.2) is 0 Å². The first-order valence-electron chi connectivity index (χ1n) is 3.31. The molecule has 0 bridgehead atoms. The second-order valence-corrected chi connectivity index (χ2v) is 3.32. The molecule has 0 aromatic heterocycles. The summed E-state index contributed by atoms with van der Waals surface area (Å²) in [6, 6.07) is 0. The summed E-state index contributed by atoms with van der Waals surface area (Å²) in [5.74, 6) is 1.74. The van der Waals surface area contributed by atoms with Crippen LogP contribution in [0.15, 0.2) is 34.2 Å². The molecule has 1 heterocycles. The Kier molecular flexibility index (Phi) is 1.53. The van der Waals surface area contributed by atoms with Gasteiger partial charge in [0.05, 0.1) is 0 Å². The molecule has 1 aliphatic heterocycles. The van der Waals surface area contributed by atoms with E-state index < -0.39 is 0 Å². The zero-order valence-corrected chi connectivity index (χ0v) is 7.48. The first-order valence-corrected chi connectivity index (χ1v) is 4.11. The summed E-state index contributed by atoms with van der Waals surface area (Å²) in [4.78, 5) is 0. The minimum absolute atomic E-state index is 0.342. The molecule has 0 spiro atoms. The van der Waals surface area contributed by atoms with Gasteiger partial charge in [0.15, 0.2) is 5.76 Å². The highest BCUT2D eigenvalue weighted by atomic mass is 79.9. The Labute approximate surface area is 73.3 Å². The molecule has 0 saturated carbocycles. The molecule has 11 heavy (non-hydrogen) atoms. The van der Waals surface area contributed by atoms with Crippen molar-refractivity contribution in [1.29, 1.82) is 0 Å². The normalized spacial score (nSPS) is 22.3. The molecule has 0 unspecified atom stereocenters. The molecule has 0 radical (unpaired) electrons. The van der Waals surface area contributed by atoms with Crippen LogP contribution in [-0.4, -0.2) is 6.79 Å². The van der Waals surface area contributed by atoms with E-state index in [2.05, 4.69) is 22.5 Å². The van der Waals surface area contributed by atoms with Crippen molar-refractivity contribution < 1.29 is 9.47 Å². The predicted molar refractivity (Wildman–Crippen MR) is 44.8 cm³/mol. The fraction of sp³-hybridized carbons (Fsp3) is 0.250. The van der Waals surface area contributed by atoms with Crippen LogP contribution in [-0.2, 0) is 9.47 Å². The highest BCUT2D eigenvalue weighted by Gasteiger charge is 2.21. The molecule has 0 aromatic rings. The molecule has 2 nitrogen and oxygen atoms in total. The second kappa shape index (κ2) is 2.41. The smallest absolute Gasteiger partial charge is 0.230 e. The van der Waals surface area contributed by atoms with Crippen molar-refractivity contribution in [2.24, 2.45) is 0 Å². The zero-order valence-electron chi connectivity index (χ0n) is 5.89. The van der Waals surface area contributed by atoms with Gasteiger partial charge in [-0.3, -0.25) is 0 Å². The minimum Gasteiger partial charge on any atom is -0.458 e. The van der Waals surface area contributed by atoms with Gasteiger partial charge in [-0.2, -0.15) is 0 Å². The lowest BCUT2D eigenvalue weighted by atomic mass is 10.1.